The summed E-state index contributed by atoms with van der Waals surface area (Å²) >= 11 is 0. The van der Waals surface area contributed by atoms with Gasteiger partial charge in [-0.2, -0.15) is 4.57 Å². The van der Waals surface area contributed by atoms with Crippen molar-refractivity contribution in [1.29, 1.82) is 0 Å². The minimum atomic E-state index is 0.147. The predicted octanol–water partition coefficient (Wildman–Crippen LogP) is 6.86. The van der Waals surface area contributed by atoms with Gasteiger partial charge < -0.3 is 9.47 Å². The van der Waals surface area contributed by atoms with E-state index in [0.29, 0.717) is 0 Å². The molecule has 0 bridgehead atoms. The molecule has 31 heavy (non-hydrogen) atoms. The fourth-order valence-electron chi connectivity index (χ4n) is 4.32. The van der Waals surface area contributed by atoms with Crippen LogP contribution < -0.4 is 14.0 Å². The normalized spacial score (nSPS) is 11.7. The van der Waals surface area contributed by atoms with Gasteiger partial charge in [-0.25, -0.2) is 0 Å². The summed E-state index contributed by atoms with van der Waals surface area (Å²) in [5.74, 6) is 1.56. The molecule has 1 aromatic heterocycles. The maximum Gasteiger partial charge on any atom is 0.211 e. The summed E-state index contributed by atoms with van der Waals surface area (Å²) in [5, 5.41) is 2.43. The van der Waals surface area contributed by atoms with Gasteiger partial charge in [0.05, 0.1) is 19.6 Å². The second-order valence-electron chi connectivity index (χ2n) is 9.47. The fourth-order valence-corrected chi connectivity index (χ4v) is 4.32. The Morgan fingerprint density at radius 3 is 2.06 bits per heavy atom. The van der Waals surface area contributed by atoms with Crippen LogP contribution in [0.15, 0.2) is 42.5 Å². The summed E-state index contributed by atoms with van der Waals surface area (Å²) in [4.78, 5) is 0. The molecule has 0 spiro atoms. The summed E-state index contributed by atoms with van der Waals surface area (Å²) < 4.78 is 13.6. The van der Waals surface area contributed by atoms with Crippen molar-refractivity contribution in [3.63, 3.8) is 0 Å². The SMILES string of the molecule is CCCCCCc1c2cc(OC)c(OC)cc2cc(C)[n+]1-c1ccc(C(C)(C)C)cc1. The molecule has 3 rings (SSSR count). The molecule has 3 aromatic rings. The average Bonchev–Trinajstić information content (AvgIpc) is 2.75. The lowest BCUT2D eigenvalue weighted by molar-refractivity contribution is -0.609. The number of hydrogen-bond acceptors (Lipinski definition) is 2. The van der Waals surface area contributed by atoms with Crippen molar-refractivity contribution in [3.8, 4) is 17.2 Å². The zero-order valence-electron chi connectivity index (χ0n) is 20.3. The number of fused-ring (bicyclic) bond motifs is 1. The third-order valence-electron chi connectivity index (χ3n) is 6.11. The van der Waals surface area contributed by atoms with Crippen LogP contribution in [0.1, 0.15) is 70.3 Å². The van der Waals surface area contributed by atoms with Crippen molar-refractivity contribution in [1.82, 2.24) is 0 Å². The number of aryl methyl sites for hydroxylation is 2. The van der Waals surface area contributed by atoms with Gasteiger partial charge in [0, 0.05) is 31.5 Å². The number of aromatic nitrogens is 1. The molecule has 0 saturated carbocycles. The molecule has 0 saturated heterocycles. The van der Waals surface area contributed by atoms with Crippen molar-refractivity contribution < 1.29 is 14.0 Å². The van der Waals surface area contributed by atoms with Crippen LogP contribution in [0, 0.1) is 6.92 Å². The van der Waals surface area contributed by atoms with Crippen LogP contribution in [0.25, 0.3) is 16.5 Å². The van der Waals surface area contributed by atoms with Crippen LogP contribution in [0.5, 0.6) is 11.5 Å². The first-order chi connectivity index (χ1) is 14.8. The highest BCUT2D eigenvalue weighted by Gasteiger charge is 2.24. The zero-order valence-corrected chi connectivity index (χ0v) is 20.3. The molecule has 0 amide bonds. The van der Waals surface area contributed by atoms with E-state index in [9.17, 15) is 0 Å². The number of unbranched alkanes of at least 4 members (excludes halogenated alkanes) is 3. The molecule has 0 fully saturated rings. The summed E-state index contributed by atoms with van der Waals surface area (Å²) in [6.45, 7) is 11.2. The van der Waals surface area contributed by atoms with Gasteiger partial charge in [0.2, 0.25) is 5.69 Å². The molecule has 2 aromatic carbocycles. The number of ether oxygens (including phenoxy) is 2. The third-order valence-corrected chi connectivity index (χ3v) is 6.11. The molecule has 0 aliphatic rings. The molecule has 3 heteroatoms. The number of rotatable bonds is 8. The molecule has 0 N–H and O–H groups in total. The van der Waals surface area contributed by atoms with Crippen LogP contribution in [-0.2, 0) is 11.8 Å². The summed E-state index contributed by atoms with van der Waals surface area (Å²) in [6.07, 6.45) is 5.99. The van der Waals surface area contributed by atoms with E-state index in [1.807, 2.05) is 0 Å². The minimum Gasteiger partial charge on any atom is -0.493 e. The van der Waals surface area contributed by atoms with Gasteiger partial charge in [-0.3, -0.25) is 0 Å². The van der Waals surface area contributed by atoms with E-state index in [1.54, 1.807) is 14.2 Å². The quantitative estimate of drug-likeness (QED) is 0.293. The van der Waals surface area contributed by atoms with Crippen LogP contribution >= 0.6 is 0 Å². The molecule has 0 aliphatic carbocycles. The number of benzene rings is 2. The highest BCUT2D eigenvalue weighted by Crippen LogP contribution is 2.34. The maximum atomic E-state index is 5.64. The maximum absolute atomic E-state index is 5.64. The largest absolute Gasteiger partial charge is 0.493 e. The van der Waals surface area contributed by atoms with E-state index in [2.05, 4.69) is 81.7 Å². The van der Waals surface area contributed by atoms with Crippen molar-refractivity contribution >= 4 is 10.8 Å². The fraction of sp³-hybridized carbons (Fsp3) is 0.464. The van der Waals surface area contributed by atoms with Crippen molar-refractivity contribution in [3.05, 3.63) is 59.4 Å². The Balaban J connectivity index is 2.19. The molecule has 0 unspecified atom stereocenters. The van der Waals surface area contributed by atoms with E-state index in [4.69, 9.17) is 9.47 Å². The van der Waals surface area contributed by atoms with Gasteiger partial charge in [-0.15, -0.1) is 0 Å². The van der Waals surface area contributed by atoms with Gasteiger partial charge in [0.1, 0.15) is 0 Å². The highest BCUT2D eigenvalue weighted by atomic mass is 16.5. The van der Waals surface area contributed by atoms with E-state index in [1.165, 1.54) is 59.1 Å². The predicted molar refractivity (Wildman–Crippen MR) is 130 cm³/mol. The van der Waals surface area contributed by atoms with Crippen molar-refractivity contribution in [2.24, 2.45) is 0 Å². The summed E-state index contributed by atoms with van der Waals surface area (Å²) in [5.41, 5.74) is 5.29. The topological polar surface area (TPSA) is 22.3 Å². The first-order valence-corrected chi connectivity index (χ1v) is 11.5. The highest BCUT2D eigenvalue weighted by molar-refractivity contribution is 5.87. The van der Waals surface area contributed by atoms with Gasteiger partial charge in [0.15, 0.2) is 22.9 Å². The van der Waals surface area contributed by atoms with E-state index >= 15 is 0 Å². The van der Waals surface area contributed by atoms with E-state index in [0.717, 1.165) is 17.9 Å². The summed E-state index contributed by atoms with van der Waals surface area (Å²) in [7, 11) is 3.40. The molecule has 0 radical (unpaired) electrons. The van der Waals surface area contributed by atoms with Crippen LogP contribution in [0.2, 0.25) is 0 Å². The van der Waals surface area contributed by atoms with Crippen molar-refractivity contribution in [2.75, 3.05) is 14.2 Å². The Kier molecular flexibility index (Phi) is 7.25. The summed E-state index contributed by atoms with van der Waals surface area (Å²) in [6, 6.07) is 15.5. The number of pyridine rings is 1. The molecule has 3 nitrogen and oxygen atoms in total. The third kappa shape index (κ3) is 5.03. The zero-order chi connectivity index (χ0) is 22.6. The number of hydrogen-bond donors (Lipinski definition) is 0. The second kappa shape index (κ2) is 9.72. The molecule has 0 aliphatic heterocycles. The van der Waals surface area contributed by atoms with Gasteiger partial charge in [0.25, 0.3) is 0 Å². The lowest BCUT2D eigenvalue weighted by Gasteiger charge is -2.19. The Labute approximate surface area is 188 Å². The molecule has 166 valence electrons. The van der Waals surface area contributed by atoms with Crippen LogP contribution in [0.4, 0.5) is 0 Å². The minimum absolute atomic E-state index is 0.147. The average molecular weight is 421 g/mol. The number of methoxy groups -OCH3 is 2. The Hall–Kier alpha value is -2.55. The van der Waals surface area contributed by atoms with E-state index in [-0.39, 0.29) is 5.41 Å². The second-order valence-corrected chi connectivity index (χ2v) is 9.47. The van der Waals surface area contributed by atoms with Crippen molar-refractivity contribution in [2.45, 2.75) is 72.1 Å². The van der Waals surface area contributed by atoms with Gasteiger partial charge in [-0.05, 0) is 34.9 Å². The van der Waals surface area contributed by atoms with E-state index < -0.39 is 0 Å². The Morgan fingerprint density at radius 1 is 0.839 bits per heavy atom. The lowest BCUT2D eigenvalue weighted by atomic mass is 9.87. The van der Waals surface area contributed by atoms with Gasteiger partial charge in [-0.1, -0.05) is 59.1 Å². The molecule has 0 atom stereocenters. The Morgan fingerprint density at radius 2 is 1.48 bits per heavy atom. The smallest absolute Gasteiger partial charge is 0.211 e. The van der Waals surface area contributed by atoms with Crippen LogP contribution in [-0.4, -0.2) is 14.2 Å². The standard InChI is InChI=1S/C28H38NO2/c1-8-9-10-11-12-25-24-19-27(31-7)26(30-6)18-21(24)17-20(2)29(25)23-15-13-22(14-16-23)28(3,4)5/h13-19H,8-12H2,1-7H3/q+1. The van der Waals surface area contributed by atoms with Gasteiger partial charge >= 0.3 is 0 Å². The molecular weight excluding hydrogens is 382 g/mol. The molecule has 1 heterocycles. The monoisotopic (exact) mass is 420 g/mol. The first kappa shape index (κ1) is 23.1. The van der Waals surface area contributed by atoms with Crippen LogP contribution in [0.3, 0.4) is 0 Å². The lowest BCUT2D eigenvalue weighted by Crippen LogP contribution is -2.39. The first-order valence-electron chi connectivity index (χ1n) is 11.5. The number of nitrogens with zero attached hydrogens (tertiary/aromatic N) is 1. The molecular formula is C28H38NO2+. The Bertz CT molecular complexity index is 1030.